The van der Waals surface area contributed by atoms with E-state index in [4.69, 9.17) is 0 Å². The van der Waals surface area contributed by atoms with Crippen LogP contribution in [0.2, 0.25) is 6.82 Å². The second-order valence-corrected chi connectivity index (χ2v) is 3.66. The minimum atomic E-state index is -0.464. The number of hydrogen-bond donors (Lipinski definition) is 1. The van der Waals surface area contributed by atoms with Crippen LogP contribution in [-0.2, 0) is 0 Å². The third-order valence-electron chi connectivity index (χ3n) is 1.90. The zero-order chi connectivity index (χ0) is 9.42. The number of rotatable bonds is 0. The molecule has 5 nitrogen and oxygen atoms in total. The molecule has 0 fully saturated rings. The molecule has 13 heavy (non-hydrogen) atoms. The van der Waals surface area contributed by atoms with Crippen LogP contribution < -0.4 is 10.8 Å². The molecule has 0 bridgehead atoms. The molecule has 0 unspecified atom stereocenters. The smallest absolute Gasteiger partial charge is 0.358 e. The third-order valence-corrected chi connectivity index (χ3v) is 2.83. The number of hydrazone groups is 1. The summed E-state index contributed by atoms with van der Waals surface area (Å²) < 4.78 is 0. The van der Waals surface area contributed by atoms with E-state index in [-0.39, 0.29) is 12.7 Å². The highest BCUT2D eigenvalue weighted by molar-refractivity contribution is 7.14. The van der Waals surface area contributed by atoms with Crippen molar-refractivity contribution in [2.75, 3.05) is 0 Å². The molecule has 0 saturated carbocycles. The van der Waals surface area contributed by atoms with E-state index in [0.29, 0.717) is 4.88 Å². The van der Waals surface area contributed by atoms with Crippen molar-refractivity contribution in [1.29, 1.82) is 0 Å². The highest BCUT2D eigenvalue weighted by Crippen LogP contribution is 2.12. The van der Waals surface area contributed by atoms with E-state index < -0.39 is 4.92 Å². The van der Waals surface area contributed by atoms with Crippen LogP contribution in [-0.4, -0.2) is 17.6 Å². The fraction of sp³-hybridized carbons (Fsp3) is 0.167. The molecule has 0 amide bonds. The molecule has 7 heteroatoms. The van der Waals surface area contributed by atoms with Crippen molar-refractivity contribution in [2.45, 2.75) is 6.82 Å². The summed E-state index contributed by atoms with van der Waals surface area (Å²) in [6.07, 6.45) is 0. The molecular formula is C6H6BN3O2S. The van der Waals surface area contributed by atoms with Gasteiger partial charge in [0, 0.05) is 5.10 Å². The first kappa shape index (κ1) is 8.24. The van der Waals surface area contributed by atoms with Crippen LogP contribution in [0, 0.1) is 10.1 Å². The highest BCUT2D eigenvalue weighted by Gasteiger charge is 2.31. The van der Waals surface area contributed by atoms with Crippen LogP contribution >= 0.6 is 11.3 Å². The maximum Gasteiger partial charge on any atom is 0.402 e. The van der Waals surface area contributed by atoms with Gasteiger partial charge in [-0.3, -0.25) is 5.34 Å². The zero-order valence-electron chi connectivity index (χ0n) is 6.85. The fourth-order valence-electron chi connectivity index (χ4n) is 1.24. The van der Waals surface area contributed by atoms with Crippen LogP contribution in [0.5, 0.6) is 0 Å². The number of thiophene rings is 1. The predicted molar refractivity (Wildman–Crippen MR) is 52.2 cm³/mol. The Balaban J connectivity index is 2.52. The molecule has 1 aliphatic rings. The number of fused-ring (bicyclic) bond motifs is 1. The normalized spacial score (nSPS) is 14.5. The number of hydrogen-bond acceptors (Lipinski definition) is 5. The lowest BCUT2D eigenvalue weighted by Gasteiger charge is -2.09. The minimum absolute atomic E-state index is 0.0601. The topological polar surface area (TPSA) is 67.5 Å². The highest BCUT2D eigenvalue weighted by atomic mass is 32.1. The van der Waals surface area contributed by atoms with Crippen LogP contribution in [0.25, 0.3) is 0 Å². The Labute approximate surface area is 78.7 Å². The summed E-state index contributed by atoms with van der Waals surface area (Å²) in [6, 6.07) is 1.88. The summed E-state index contributed by atoms with van der Waals surface area (Å²) in [7, 11) is 0. The van der Waals surface area contributed by atoms with Crippen LogP contribution in [0.4, 0.5) is 0 Å². The Morgan fingerprint density at radius 2 is 2.54 bits per heavy atom. The summed E-state index contributed by atoms with van der Waals surface area (Å²) in [5, 5.41) is 18.8. The fourth-order valence-corrected chi connectivity index (χ4v) is 2.20. The van der Waals surface area contributed by atoms with Crippen LogP contribution in [0.1, 0.15) is 4.88 Å². The summed E-state index contributed by atoms with van der Waals surface area (Å²) in [5.74, 6) is -0.0805. The second kappa shape index (κ2) is 2.84. The van der Waals surface area contributed by atoms with Gasteiger partial charge < -0.3 is 10.1 Å². The lowest BCUT2D eigenvalue weighted by Crippen LogP contribution is -2.46. The molecule has 0 aromatic carbocycles. The Bertz CT molecular complexity index is 389. The molecular weight excluding hydrogens is 189 g/mol. The third kappa shape index (κ3) is 1.21. The van der Waals surface area contributed by atoms with Crippen molar-refractivity contribution in [3.05, 3.63) is 26.4 Å². The van der Waals surface area contributed by atoms with E-state index in [1.165, 1.54) is 11.3 Å². The number of amidine groups is 1. The molecule has 2 rings (SSSR count). The van der Waals surface area contributed by atoms with E-state index in [2.05, 4.69) is 10.4 Å². The van der Waals surface area contributed by atoms with Gasteiger partial charge in [0.2, 0.25) is 0 Å². The van der Waals surface area contributed by atoms with Crippen molar-refractivity contribution in [3.63, 3.8) is 0 Å². The van der Waals surface area contributed by atoms with Gasteiger partial charge in [-0.1, -0.05) is 12.9 Å². The lowest BCUT2D eigenvalue weighted by atomic mass is 9.59. The van der Waals surface area contributed by atoms with E-state index >= 15 is 0 Å². The van der Waals surface area contributed by atoms with Crippen molar-refractivity contribution in [3.8, 4) is 0 Å². The van der Waals surface area contributed by atoms with Crippen molar-refractivity contribution in [2.24, 2.45) is 5.10 Å². The molecule has 0 aliphatic carbocycles. The number of nitrogens with zero attached hydrogens (tertiary/aromatic N) is 2. The van der Waals surface area contributed by atoms with E-state index in [9.17, 15) is 10.1 Å². The Morgan fingerprint density at radius 1 is 1.77 bits per heavy atom. The maximum atomic E-state index is 10.6. The van der Waals surface area contributed by atoms with Gasteiger partial charge in [-0.25, -0.2) is 0 Å². The molecule has 1 aromatic heterocycles. The van der Waals surface area contributed by atoms with Crippen molar-refractivity contribution < 1.29 is 4.92 Å². The summed E-state index contributed by atoms with van der Waals surface area (Å²) >= 11 is 1.35. The first-order chi connectivity index (χ1) is 6.20. The molecule has 1 N–H and O–H groups in total. The molecule has 0 spiro atoms. The summed E-state index contributed by atoms with van der Waals surface area (Å²) in [5.41, 5.74) is 0.951. The largest absolute Gasteiger partial charge is 0.402 e. The summed E-state index contributed by atoms with van der Waals surface area (Å²) in [6.45, 7) is 1.98. The van der Waals surface area contributed by atoms with E-state index in [1.807, 2.05) is 18.3 Å². The minimum Gasteiger partial charge on any atom is -0.358 e. The Kier molecular flexibility index (Phi) is 1.80. The van der Waals surface area contributed by atoms with Gasteiger partial charge in [0.15, 0.2) is 0 Å². The quantitative estimate of drug-likeness (QED) is 0.363. The van der Waals surface area contributed by atoms with E-state index in [0.717, 1.165) is 5.46 Å². The number of nitro groups is 1. The molecule has 66 valence electrons. The first-order valence-electron chi connectivity index (χ1n) is 3.75. The van der Waals surface area contributed by atoms with E-state index in [1.54, 1.807) is 0 Å². The molecule has 1 aliphatic heterocycles. The van der Waals surface area contributed by atoms with Gasteiger partial charge in [0.25, 0.3) is 0 Å². The molecule has 0 radical (unpaired) electrons. The lowest BCUT2D eigenvalue weighted by molar-refractivity contribution is -0.349. The second-order valence-electron chi connectivity index (χ2n) is 2.75. The zero-order valence-corrected chi connectivity index (χ0v) is 7.67. The number of nitrogens with one attached hydrogen (secondary N) is 1. The van der Waals surface area contributed by atoms with Gasteiger partial charge in [-0.05, 0) is 15.8 Å². The molecule has 2 heterocycles. The average molecular weight is 195 g/mol. The van der Waals surface area contributed by atoms with Crippen LogP contribution in [0.15, 0.2) is 16.5 Å². The SMILES string of the molecule is CB1NN=C([N+](=O)[O-])c2sccc21. The van der Waals surface area contributed by atoms with Crippen molar-refractivity contribution in [1.82, 2.24) is 5.34 Å². The Morgan fingerprint density at radius 3 is 3.23 bits per heavy atom. The monoisotopic (exact) mass is 195 g/mol. The predicted octanol–water partition coefficient (Wildman–Crippen LogP) is 0.118. The van der Waals surface area contributed by atoms with Gasteiger partial charge in [-0.2, -0.15) is 0 Å². The first-order valence-corrected chi connectivity index (χ1v) is 4.63. The van der Waals surface area contributed by atoms with Gasteiger partial charge in [0.05, 0.1) is 0 Å². The van der Waals surface area contributed by atoms with Gasteiger partial charge in [-0.15, -0.1) is 11.3 Å². The maximum absolute atomic E-state index is 10.6. The van der Waals surface area contributed by atoms with Crippen molar-refractivity contribution >= 4 is 29.5 Å². The Hall–Kier alpha value is -1.37. The standard InChI is InChI=1S/C6H6BN3O2S/c1-7-4-2-3-13-5(4)6(8-9-7)10(11)12/h2-3,9H,1H3. The van der Waals surface area contributed by atoms with Gasteiger partial charge in [0.1, 0.15) is 4.88 Å². The average Bonchev–Trinajstić information content (AvgIpc) is 2.53. The molecule has 1 aromatic rings. The molecule has 0 atom stereocenters. The molecule has 0 saturated heterocycles. The summed E-state index contributed by atoms with van der Waals surface area (Å²) in [4.78, 5) is 10.8. The van der Waals surface area contributed by atoms with Gasteiger partial charge >= 0.3 is 12.7 Å². The van der Waals surface area contributed by atoms with Crippen LogP contribution in [0.3, 0.4) is 0 Å².